The summed E-state index contributed by atoms with van der Waals surface area (Å²) in [5, 5.41) is 9.02. The maximum Gasteiger partial charge on any atom is 0.335 e. The zero-order chi connectivity index (χ0) is 20.3. The smallest absolute Gasteiger partial charge is 0.335 e. The van der Waals surface area contributed by atoms with Crippen LogP contribution in [0.15, 0.2) is 42.5 Å². The lowest BCUT2D eigenvalue weighted by atomic mass is 10.1. The maximum atomic E-state index is 14.5. The summed E-state index contributed by atoms with van der Waals surface area (Å²) in [6.45, 7) is 4.78. The van der Waals surface area contributed by atoms with E-state index in [1.54, 1.807) is 9.80 Å². The number of aryl methyl sites for hydroxylation is 1. The minimum Gasteiger partial charge on any atom is -0.478 e. The van der Waals surface area contributed by atoms with Gasteiger partial charge in [-0.3, -0.25) is 4.90 Å². The van der Waals surface area contributed by atoms with Crippen molar-refractivity contribution in [1.82, 2.24) is 9.80 Å². The van der Waals surface area contributed by atoms with Gasteiger partial charge in [0.25, 0.3) is 0 Å². The second kappa shape index (κ2) is 8.39. The Bertz CT molecular complexity index is 862. The van der Waals surface area contributed by atoms with Crippen molar-refractivity contribution in [3.63, 3.8) is 0 Å². The third-order valence-electron chi connectivity index (χ3n) is 4.98. The van der Waals surface area contributed by atoms with Crippen molar-refractivity contribution in [3.05, 3.63) is 65.0 Å². The molecule has 1 N–H and O–H groups in total. The third kappa shape index (κ3) is 4.48. The lowest BCUT2D eigenvalue weighted by Gasteiger charge is -2.36. The van der Waals surface area contributed by atoms with E-state index in [0.717, 1.165) is 24.7 Å². The molecule has 1 fully saturated rings. The van der Waals surface area contributed by atoms with Gasteiger partial charge in [0, 0.05) is 37.4 Å². The lowest BCUT2D eigenvalue weighted by molar-refractivity contribution is 0.0696. The SMILES string of the molecule is Cc1ccc(N(Cc2ccc(C(=O)O)cc2F)C(=O)N2CCN(C)CC2)cc1. The van der Waals surface area contributed by atoms with E-state index in [-0.39, 0.29) is 23.7 Å². The van der Waals surface area contributed by atoms with Crippen LogP contribution in [0.5, 0.6) is 0 Å². The van der Waals surface area contributed by atoms with E-state index in [0.29, 0.717) is 18.8 Å². The molecule has 0 aromatic heterocycles. The number of rotatable bonds is 4. The molecule has 0 bridgehead atoms. The van der Waals surface area contributed by atoms with Gasteiger partial charge < -0.3 is 14.9 Å². The zero-order valence-electron chi connectivity index (χ0n) is 16.1. The Labute approximate surface area is 163 Å². The van der Waals surface area contributed by atoms with E-state index >= 15 is 0 Å². The Morgan fingerprint density at radius 3 is 2.29 bits per heavy atom. The first-order valence-electron chi connectivity index (χ1n) is 9.18. The van der Waals surface area contributed by atoms with Crippen molar-refractivity contribution >= 4 is 17.7 Å². The Kier molecular flexibility index (Phi) is 5.94. The fourth-order valence-electron chi connectivity index (χ4n) is 3.14. The number of hydrogen-bond acceptors (Lipinski definition) is 3. The van der Waals surface area contributed by atoms with Crippen molar-refractivity contribution < 1.29 is 19.1 Å². The van der Waals surface area contributed by atoms with E-state index in [1.807, 2.05) is 38.2 Å². The van der Waals surface area contributed by atoms with Crippen LogP contribution in [-0.2, 0) is 6.54 Å². The van der Waals surface area contributed by atoms with E-state index in [1.165, 1.54) is 12.1 Å². The van der Waals surface area contributed by atoms with E-state index in [2.05, 4.69) is 4.90 Å². The monoisotopic (exact) mass is 385 g/mol. The largest absolute Gasteiger partial charge is 0.478 e. The first kappa shape index (κ1) is 19.8. The molecule has 0 aliphatic carbocycles. The number of carboxylic acids is 1. The van der Waals surface area contributed by atoms with Gasteiger partial charge in [-0.2, -0.15) is 0 Å². The predicted molar refractivity (Wildman–Crippen MR) is 105 cm³/mol. The number of carboxylic acid groups (broad SMARTS) is 1. The predicted octanol–water partition coefficient (Wildman–Crippen LogP) is 3.21. The number of aromatic carboxylic acids is 1. The van der Waals surface area contributed by atoms with Crippen LogP contribution in [0.25, 0.3) is 0 Å². The molecule has 1 saturated heterocycles. The number of hydrogen-bond donors (Lipinski definition) is 1. The Morgan fingerprint density at radius 1 is 1.07 bits per heavy atom. The van der Waals surface area contributed by atoms with Crippen LogP contribution in [0, 0.1) is 12.7 Å². The molecule has 2 aromatic rings. The Balaban J connectivity index is 1.89. The number of piperazine rings is 1. The number of amides is 2. The van der Waals surface area contributed by atoms with Crippen LogP contribution in [0.2, 0.25) is 0 Å². The molecule has 148 valence electrons. The first-order chi connectivity index (χ1) is 13.3. The van der Waals surface area contributed by atoms with Crippen molar-refractivity contribution in [2.75, 3.05) is 38.1 Å². The minimum atomic E-state index is -1.19. The van der Waals surface area contributed by atoms with E-state index in [4.69, 9.17) is 5.11 Å². The number of carbonyl (C=O) groups is 2. The van der Waals surface area contributed by atoms with E-state index in [9.17, 15) is 14.0 Å². The van der Waals surface area contributed by atoms with Gasteiger partial charge in [0.2, 0.25) is 0 Å². The normalized spacial score (nSPS) is 14.8. The number of halogens is 1. The number of likely N-dealkylation sites (N-methyl/N-ethyl adjacent to an activating group) is 1. The van der Waals surface area contributed by atoms with Crippen molar-refractivity contribution in [2.24, 2.45) is 0 Å². The highest BCUT2D eigenvalue weighted by Gasteiger charge is 2.26. The van der Waals surface area contributed by atoms with Crippen LogP contribution in [0.4, 0.5) is 14.9 Å². The van der Waals surface area contributed by atoms with Crippen molar-refractivity contribution in [2.45, 2.75) is 13.5 Å². The molecule has 2 amide bonds. The second-order valence-electron chi connectivity index (χ2n) is 7.11. The molecule has 1 aliphatic heterocycles. The molecule has 28 heavy (non-hydrogen) atoms. The van der Waals surface area contributed by atoms with Crippen molar-refractivity contribution in [1.29, 1.82) is 0 Å². The standard InChI is InChI=1S/C21H24FN3O3/c1-15-3-7-18(8-4-15)25(21(28)24-11-9-23(2)10-12-24)14-17-6-5-16(20(26)27)13-19(17)22/h3-8,13H,9-12,14H2,1-2H3,(H,26,27). The number of nitrogens with zero attached hydrogens (tertiary/aromatic N) is 3. The van der Waals surface area contributed by atoms with Gasteiger partial charge in [-0.05, 0) is 38.2 Å². The molecule has 0 radical (unpaired) electrons. The fraction of sp³-hybridized carbons (Fsp3) is 0.333. The van der Waals surface area contributed by atoms with Gasteiger partial charge in [0.05, 0.1) is 12.1 Å². The summed E-state index contributed by atoms with van der Waals surface area (Å²) in [7, 11) is 2.01. The fourth-order valence-corrected chi connectivity index (χ4v) is 3.14. The summed E-state index contributed by atoms with van der Waals surface area (Å²) in [6, 6.07) is 11.1. The molecule has 6 nitrogen and oxygen atoms in total. The molecule has 3 rings (SSSR count). The molecule has 1 heterocycles. The molecular weight excluding hydrogens is 361 g/mol. The molecule has 0 saturated carbocycles. The molecule has 7 heteroatoms. The lowest BCUT2D eigenvalue weighted by Crippen LogP contribution is -2.52. The molecule has 2 aromatic carbocycles. The number of benzene rings is 2. The number of carbonyl (C=O) groups excluding carboxylic acids is 1. The minimum absolute atomic E-state index is 0.0277. The van der Waals surface area contributed by atoms with Crippen molar-refractivity contribution in [3.8, 4) is 0 Å². The number of anilines is 1. The first-order valence-corrected chi connectivity index (χ1v) is 9.18. The maximum absolute atomic E-state index is 14.5. The summed E-state index contributed by atoms with van der Waals surface area (Å²) in [5.74, 6) is -1.82. The van der Waals surface area contributed by atoms with Crippen LogP contribution in [-0.4, -0.2) is 60.1 Å². The summed E-state index contributed by atoms with van der Waals surface area (Å²) in [5.41, 5.74) is 1.89. The summed E-state index contributed by atoms with van der Waals surface area (Å²) in [6.07, 6.45) is 0. The van der Waals surface area contributed by atoms with Crippen LogP contribution < -0.4 is 4.90 Å². The van der Waals surface area contributed by atoms with Gasteiger partial charge in [0.15, 0.2) is 0 Å². The summed E-state index contributed by atoms with van der Waals surface area (Å²) < 4.78 is 14.5. The van der Waals surface area contributed by atoms with Crippen LogP contribution in [0.1, 0.15) is 21.5 Å². The van der Waals surface area contributed by atoms with Gasteiger partial charge in [-0.15, -0.1) is 0 Å². The highest BCUT2D eigenvalue weighted by molar-refractivity contribution is 5.92. The van der Waals surface area contributed by atoms with Gasteiger partial charge in [-0.1, -0.05) is 23.8 Å². The molecule has 0 unspecified atom stereocenters. The molecule has 1 aliphatic rings. The van der Waals surface area contributed by atoms with Gasteiger partial charge in [0.1, 0.15) is 5.82 Å². The average Bonchev–Trinajstić information content (AvgIpc) is 2.68. The highest BCUT2D eigenvalue weighted by atomic mass is 19.1. The quantitative estimate of drug-likeness (QED) is 0.878. The molecule has 0 atom stereocenters. The zero-order valence-corrected chi connectivity index (χ0v) is 16.1. The topological polar surface area (TPSA) is 64.1 Å². The second-order valence-corrected chi connectivity index (χ2v) is 7.11. The molecular formula is C21H24FN3O3. The average molecular weight is 385 g/mol. The van der Waals surface area contributed by atoms with E-state index < -0.39 is 11.8 Å². The third-order valence-corrected chi connectivity index (χ3v) is 4.98. The van der Waals surface area contributed by atoms with Crippen LogP contribution >= 0.6 is 0 Å². The Hall–Kier alpha value is -2.93. The highest BCUT2D eigenvalue weighted by Crippen LogP contribution is 2.22. The van der Waals surface area contributed by atoms with Crippen LogP contribution in [0.3, 0.4) is 0 Å². The summed E-state index contributed by atoms with van der Waals surface area (Å²) >= 11 is 0. The molecule has 0 spiro atoms. The number of urea groups is 1. The summed E-state index contributed by atoms with van der Waals surface area (Å²) in [4.78, 5) is 29.7. The Morgan fingerprint density at radius 2 is 1.71 bits per heavy atom. The van der Waals surface area contributed by atoms with Gasteiger partial charge in [-0.25, -0.2) is 14.0 Å². The van der Waals surface area contributed by atoms with Gasteiger partial charge >= 0.3 is 12.0 Å².